The molecule has 1 saturated heterocycles. The highest BCUT2D eigenvalue weighted by atomic mass is 16.4. The van der Waals surface area contributed by atoms with Crippen molar-refractivity contribution < 1.29 is 14.7 Å². The largest absolute Gasteiger partial charge is 0.481 e. The third-order valence-electron chi connectivity index (χ3n) is 4.69. The van der Waals surface area contributed by atoms with E-state index < -0.39 is 11.4 Å². The number of aliphatic carboxylic acids is 1. The predicted octanol–water partition coefficient (Wildman–Crippen LogP) is 1.92. The molecule has 6 heteroatoms. The molecule has 0 aliphatic carbocycles. The summed E-state index contributed by atoms with van der Waals surface area (Å²) in [7, 11) is 0. The standard InChI is InChI=1S/C17H21N3O3/c1-3-14-18-12-6-4-5-7-13(12)20(14)10-15(21)19-9-8-17(2,11-19)16(22)23/h4-7H,3,8-11H2,1-2H3,(H,22,23). The van der Waals surface area contributed by atoms with Crippen molar-refractivity contribution >= 4 is 22.9 Å². The Bertz CT molecular complexity index is 768. The number of imidazole rings is 1. The summed E-state index contributed by atoms with van der Waals surface area (Å²) in [4.78, 5) is 30.2. The van der Waals surface area contributed by atoms with E-state index in [-0.39, 0.29) is 19.0 Å². The minimum atomic E-state index is -0.838. The summed E-state index contributed by atoms with van der Waals surface area (Å²) in [6, 6.07) is 7.76. The van der Waals surface area contributed by atoms with E-state index in [0.29, 0.717) is 13.0 Å². The number of carboxylic acid groups (broad SMARTS) is 1. The van der Waals surface area contributed by atoms with Gasteiger partial charge in [-0.1, -0.05) is 19.1 Å². The van der Waals surface area contributed by atoms with Crippen LogP contribution in [-0.2, 0) is 22.6 Å². The van der Waals surface area contributed by atoms with Crippen molar-refractivity contribution in [2.45, 2.75) is 33.2 Å². The van der Waals surface area contributed by atoms with Gasteiger partial charge >= 0.3 is 5.97 Å². The second-order valence-corrected chi connectivity index (χ2v) is 6.39. The number of carbonyl (C=O) groups is 2. The summed E-state index contributed by atoms with van der Waals surface area (Å²) in [5, 5.41) is 9.30. The number of fused-ring (bicyclic) bond motifs is 1. The molecule has 1 atom stereocenters. The first kappa shape index (κ1) is 15.5. The van der Waals surface area contributed by atoms with Crippen LogP contribution in [0.15, 0.2) is 24.3 Å². The lowest BCUT2D eigenvalue weighted by Crippen LogP contribution is -2.36. The Morgan fingerprint density at radius 1 is 1.35 bits per heavy atom. The van der Waals surface area contributed by atoms with Crippen LogP contribution < -0.4 is 0 Å². The zero-order chi connectivity index (χ0) is 16.6. The second-order valence-electron chi connectivity index (χ2n) is 6.39. The highest BCUT2D eigenvalue weighted by molar-refractivity contribution is 5.83. The van der Waals surface area contributed by atoms with Gasteiger partial charge in [0.15, 0.2) is 0 Å². The molecule has 1 N–H and O–H groups in total. The minimum Gasteiger partial charge on any atom is -0.481 e. The molecule has 0 radical (unpaired) electrons. The lowest BCUT2D eigenvalue weighted by atomic mass is 9.90. The Balaban J connectivity index is 1.83. The van der Waals surface area contributed by atoms with Gasteiger partial charge in [-0.05, 0) is 25.5 Å². The summed E-state index contributed by atoms with van der Waals surface area (Å²) >= 11 is 0. The Labute approximate surface area is 134 Å². The fourth-order valence-corrected chi connectivity index (χ4v) is 3.16. The molecule has 1 amide bonds. The Morgan fingerprint density at radius 3 is 2.74 bits per heavy atom. The molecule has 0 spiro atoms. The molecule has 1 fully saturated rings. The van der Waals surface area contributed by atoms with Crippen molar-refractivity contribution in [1.82, 2.24) is 14.5 Å². The first-order valence-electron chi connectivity index (χ1n) is 7.90. The van der Waals surface area contributed by atoms with Crippen molar-refractivity contribution in [3.05, 3.63) is 30.1 Å². The average molecular weight is 315 g/mol. The van der Waals surface area contributed by atoms with Gasteiger partial charge in [0.25, 0.3) is 0 Å². The zero-order valence-corrected chi connectivity index (χ0v) is 13.5. The molecule has 0 bridgehead atoms. The monoisotopic (exact) mass is 315 g/mol. The van der Waals surface area contributed by atoms with Crippen molar-refractivity contribution in [1.29, 1.82) is 0 Å². The SMILES string of the molecule is CCc1nc2ccccc2n1CC(=O)N1CCC(C)(C(=O)O)C1. The smallest absolute Gasteiger partial charge is 0.311 e. The predicted molar refractivity (Wildman–Crippen MR) is 86.1 cm³/mol. The van der Waals surface area contributed by atoms with E-state index in [0.717, 1.165) is 23.3 Å². The number of likely N-dealkylation sites (tertiary alicyclic amines) is 1. The van der Waals surface area contributed by atoms with Gasteiger partial charge in [-0.2, -0.15) is 0 Å². The zero-order valence-electron chi connectivity index (χ0n) is 13.5. The van der Waals surface area contributed by atoms with Crippen molar-refractivity contribution in [3.63, 3.8) is 0 Å². The van der Waals surface area contributed by atoms with Crippen LogP contribution in [0.25, 0.3) is 11.0 Å². The Morgan fingerprint density at radius 2 is 2.09 bits per heavy atom. The minimum absolute atomic E-state index is 0.0483. The van der Waals surface area contributed by atoms with Gasteiger partial charge in [-0.25, -0.2) is 4.98 Å². The molecule has 23 heavy (non-hydrogen) atoms. The molecule has 122 valence electrons. The van der Waals surface area contributed by atoms with Crippen molar-refractivity contribution in [3.8, 4) is 0 Å². The molecule has 2 aromatic rings. The quantitative estimate of drug-likeness (QED) is 0.935. The number of para-hydroxylation sites is 2. The topological polar surface area (TPSA) is 75.4 Å². The van der Waals surface area contributed by atoms with E-state index >= 15 is 0 Å². The van der Waals surface area contributed by atoms with Gasteiger partial charge in [0.1, 0.15) is 12.4 Å². The van der Waals surface area contributed by atoms with Crippen LogP contribution in [0.5, 0.6) is 0 Å². The molecular formula is C17H21N3O3. The first-order chi connectivity index (χ1) is 10.9. The van der Waals surface area contributed by atoms with Crippen LogP contribution in [0.4, 0.5) is 0 Å². The van der Waals surface area contributed by atoms with Crippen molar-refractivity contribution in [2.75, 3.05) is 13.1 Å². The van der Waals surface area contributed by atoms with Crippen LogP contribution in [-0.4, -0.2) is 44.5 Å². The normalized spacial score (nSPS) is 21.0. The summed E-state index contributed by atoms with van der Waals surface area (Å²) in [6.07, 6.45) is 1.24. The molecule has 1 unspecified atom stereocenters. The van der Waals surface area contributed by atoms with Gasteiger partial charge in [0.05, 0.1) is 16.4 Å². The maximum Gasteiger partial charge on any atom is 0.311 e. The fourth-order valence-electron chi connectivity index (χ4n) is 3.16. The summed E-state index contributed by atoms with van der Waals surface area (Å²) in [5.74, 6) is -0.0114. The Hall–Kier alpha value is -2.37. The molecule has 1 aromatic heterocycles. The van der Waals surface area contributed by atoms with Crippen LogP contribution in [0, 0.1) is 5.41 Å². The van der Waals surface area contributed by atoms with Crippen LogP contribution in [0.2, 0.25) is 0 Å². The molecule has 1 aliphatic heterocycles. The van der Waals surface area contributed by atoms with E-state index in [4.69, 9.17) is 0 Å². The summed E-state index contributed by atoms with van der Waals surface area (Å²) < 4.78 is 1.94. The van der Waals surface area contributed by atoms with Gasteiger partial charge in [0.2, 0.25) is 5.91 Å². The number of aromatic nitrogens is 2. The number of hydrogen-bond donors (Lipinski definition) is 1. The number of rotatable bonds is 4. The maximum atomic E-state index is 12.6. The van der Waals surface area contributed by atoms with Gasteiger partial charge in [0, 0.05) is 19.5 Å². The van der Waals surface area contributed by atoms with Crippen LogP contribution >= 0.6 is 0 Å². The van der Waals surface area contributed by atoms with E-state index in [1.165, 1.54) is 0 Å². The second kappa shape index (κ2) is 5.68. The van der Waals surface area contributed by atoms with E-state index in [2.05, 4.69) is 4.98 Å². The number of nitrogens with zero attached hydrogens (tertiary/aromatic N) is 3. The number of benzene rings is 1. The van der Waals surface area contributed by atoms with Crippen LogP contribution in [0.1, 0.15) is 26.1 Å². The van der Waals surface area contributed by atoms with E-state index in [1.807, 2.05) is 35.8 Å². The number of carbonyl (C=O) groups excluding carboxylic acids is 1. The van der Waals surface area contributed by atoms with E-state index in [1.54, 1.807) is 11.8 Å². The average Bonchev–Trinajstić information content (AvgIpc) is 3.10. The molecule has 6 nitrogen and oxygen atoms in total. The molecule has 0 saturated carbocycles. The highest BCUT2D eigenvalue weighted by Gasteiger charge is 2.42. The van der Waals surface area contributed by atoms with E-state index in [9.17, 15) is 14.7 Å². The lowest BCUT2D eigenvalue weighted by molar-refractivity contribution is -0.147. The fraction of sp³-hybridized carbons (Fsp3) is 0.471. The molecule has 1 aliphatic rings. The molecule has 2 heterocycles. The van der Waals surface area contributed by atoms with Gasteiger partial charge in [-0.3, -0.25) is 9.59 Å². The third-order valence-corrected chi connectivity index (χ3v) is 4.69. The van der Waals surface area contributed by atoms with Crippen molar-refractivity contribution in [2.24, 2.45) is 5.41 Å². The van der Waals surface area contributed by atoms with Gasteiger partial charge in [-0.15, -0.1) is 0 Å². The molecular weight excluding hydrogens is 294 g/mol. The third kappa shape index (κ3) is 2.69. The lowest BCUT2D eigenvalue weighted by Gasteiger charge is -2.21. The maximum absolute atomic E-state index is 12.6. The van der Waals surface area contributed by atoms with Crippen LogP contribution in [0.3, 0.4) is 0 Å². The number of aryl methyl sites for hydroxylation is 1. The Kier molecular flexibility index (Phi) is 3.83. The number of amides is 1. The van der Waals surface area contributed by atoms with Gasteiger partial charge < -0.3 is 14.6 Å². The molecule has 1 aromatic carbocycles. The molecule has 3 rings (SSSR count). The number of carboxylic acids is 1. The summed E-state index contributed by atoms with van der Waals surface area (Å²) in [5.41, 5.74) is 0.993. The first-order valence-corrected chi connectivity index (χ1v) is 7.90. The summed E-state index contributed by atoms with van der Waals surface area (Å²) in [6.45, 7) is 4.69. The highest BCUT2D eigenvalue weighted by Crippen LogP contribution is 2.30. The number of hydrogen-bond acceptors (Lipinski definition) is 3.